The van der Waals surface area contributed by atoms with Crippen LogP contribution in [-0.2, 0) is 11.2 Å². The topological polar surface area (TPSA) is 70.6 Å². The summed E-state index contributed by atoms with van der Waals surface area (Å²) < 4.78 is 42.5. The van der Waals surface area contributed by atoms with Crippen LogP contribution in [0.25, 0.3) is 5.57 Å². The Morgan fingerprint density at radius 1 is 1.03 bits per heavy atom. The maximum Gasteiger partial charge on any atom is 0.573 e. The van der Waals surface area contributed by atoms with Crippen LogP contribution in [0.2, 0.25) is 0 Å². The summed E-state index contributed by atoms with van der Waals surface area (Å²) in [6.45, 7) is 0. The van der Waals surface area contributed by atoms with Crippen LogP contribution in [0.4, 0.5) is 13.2 Å². The van der Waals surface area contributed by atoms with Crippen molar-refractivity contribution in [3.05, 3.63) is 83.1 Å². The minimum atomic E-state index is -4.76. The number of halogens is 3. The lowest BCUT2D eigenvalue weighted by Gasteiger charge is -2.33. The van der Waals surface area contributed by atoms with E-state index in [1.165, 1.54) is 12.1 Å². The van der Waals surface area contributed by atoms with Crippen molar-refractivity contribution in [2.24, 2.45) is 5.92 Å². The number of aliphatic hydroxyl groups is 1. The number of aliphatic hydroxyl groups excluding tert-OH is 1. The first-order valence-corrected chi connectivity index (χ1v) is 10.4. The van der Waals surface area contributed by atoms with Crippen molar-refractivity contribution < 1.29 is 27.8 Å². The van der Waals surface area contributed by atoms with Crippen LogP contribution >= 0.6 is 0 Å². The maximum atomic E-state index is 12.8. The molecule has 0 saturated carbocycles. The smallest absolute Gasteiger partial charge is 0.405 e. The molecule has 168 valence electrons. The van der Waals surface area contributed by atoms with Crippen LogP contribution in [0.15, 0.2) is 71.9 Å². The van der Waals surface area contributed by atoms with Gasteiger partial charge >= 0.3 is 6.36 Å². The quantitative estimate of drug-likeness (QED) is 0.645. The molecule has 1 amide bonds. The molecule has 0 bridgehead atoms. The molecule has 2 aromatic rings. The molecule has 2 atom stereocenters. The van der Waals surface area contributed by atoms with E-state index < -0.39 is 12.7 Å². The standard InChI is InChI=1S/C24H23F3N2O3/c25-24(26,27)32-20-9-5-4-8-18(20)16-10-12-17(13-11-16)21-19(22(30)29-23(31)28-21)14-15-6-2-1-3-7-15/h1-10,17,23,28,31H,11-14H2,(H,29,30). The molecular weight excluding hydrogens is 421 g/mol. The molecule has 1 aliphatic heterocycles. The molecule has 2 aromatic carbocycles. The van der Waals surface area contributed by atoms with E-state index in [-0.39, 0.29) is 17.6 Å². The fourth-order valence-electron chi connectivity index (χ4n) is 4.23. The van der Waals surface area contributed by atoms with Gasteiger partial charge in [-0.15, -0.1) is 13.2 Å². The maximum absolute atomic E-state index is 12.8. The number of hydrogen-bond acceptors (Lipinski definition) is 4. The van der Waals surface area contributed by atoms with E-state index in [4.69, 9.17) is 0 Å². The lowest BCUT2D eigenvalue weighted by atomic mass is 9.82. The van der Waals surface area contributed by atoms with E-state index in [0.717, 1.165) is 11.1 Å². The summed E-state index contributed by atoms with van der Waals surface area (Å²) in [5, 5.41) is 15.5. The molecule has 5 nitrogen and oxygen atoms in total. The molecule has 4 rings (SSSR count). The lowest BCUT2D eigenvalue weighted by Crippen LogP contribution is -2.52. The summed E-state index contributed by atoms with van der Waals surface area (Å²) in [6.07, 6.45) is -1.98. The van der Waals surface area contributed by atoms with E-state index in [1.807, 2.05) is 36.4 Å². The zero-order valence-electron chi connectivity index (χ0n) is 17.2. The summed E-state index contributed by atoms with van der Waals surface area (Å²) in [5.74, 6) is -0.609. The van der Waals surface area contributed by atoms with Crippen molar-refractivity contribution in [3.8, 4) is 5.75 Å². The van der Waals surface area contributed by atoms with Gasteiger partial charge in [0.1, 0.15) is 5.75 Å². The summed E-state index contributed by atoms with van der Waals surface area (Å²) in [7, 11) is 0. The molecule has 0 aromatic heterocycles. The van der Waals surface area contributed by atoms with Gasteiger partial charge < -0.3 is 20.5 Å². The first-order valence-electron chi connectivity index (χ1n) is 10.4. The lowest BCUT2D eigenvalue weighted by molar-refractivity contribution is -0.274. The van der Waals surface area contributed by atoms with Crippen molar-refractivity contribution >= 4 is 11.5 Å². The third-order valence-corrected chi connectivity index (χ3v) is 5.66. The molecule has 1 aliphatic carbocycles. The fraction of sp³-hybridized carbons (Fsp3) is 0.292. The number of para-hydroxylation sites is 1. The molecule has 32 heavy (non-hydrogen) atoms. The van der Waals surface area contributed by atoms with E-state index in [1.54, 1.807) is 12.1 Å². The summed E-state index contributed by atoms with van der Waals surface area (Å²) in [5.41, 5.74) is 3.39. The SMILES string of the molecule is O=C1NC(O)NC(C2CC=C(c3ccccc3OC(F)(F)F)CC2)=C1Cc1ccccc1. The second-order valence-electron chi connectivity index (χ2n) is 7.82. The van der Waals surface area contributed by atoms with Gasteiger partial charge in [-0.05, 0) is 36.5 Å². The fourth-order valence-corrected chi connectivity index (χ4v) is 4.23. The molecule has 8 heteroatoms. The van der Waals surface area contributed by atoms with Crippen molar-refractivity contribution in [3.63, 3.8) is 0 Å². The number of carbonyl (C=O) groups excluding carboxylic acids is 1. The normalized spacial score (nSPS) is 21.5. The van der Waals surface area contributed by atoms with Crippen molar-refractivity contribution in [1.29, 1.82) is 0 Å². The van der Waals surface area contributed by atoms with E-state index in [0.29, 0.717) is 42.5 Å². The summed E-state index contributed by atoms with van der Waals surface area (Å²) in [6, 6.07) is 15.7. The predicted octanol–water partition coefficient (Wildman–Crippen LogP) is 4.26. The number of carbonyl (C=O) groups is 1. The molecule has 0 fully saturated rings. The van der Waals surface area contributed by atoms with Crippen LogP contribution in [0.5, 0.6) is 5.75 Å². The predicted molar refractivity (Wildman–Crippen MR) is 113 cm³/mol. The Kier molecular flexibility index (Phi) is 6.23. The number of ether oxygens (including phenoxy) is 1. The third-order valence-electron chi connectivity index (χ3n) is 5.66. The van der Waals surface area contributed by atoms with Crippen LogP contribution < -0.4 is 15.4 Å². The van der Waals surface area contributed by atoms with Crippen LogP contribution in [0.3, 0.4) is 0 Å². The Hall–Kier alpha value is -3.26. The van der Waals surface area contributed by atoms with E-state index in [9.17, 15) is 23.1 Å². The molecule has 3 N–H and O–H groups in total. The van der Waals surface area contributed by atoms with Crippen molar-refractivity contribution in [2.45, 2.75) is 38.4 Å². The zero-order valence-corrected chi connectivity index (χ0v) is 17.2. The van der Waals surface area contributed by atoms with Crippen LogP contribution in [0, 0.1) is 5.92 Å². The summed E-state index contributed by atoms with van der Waals surface area (Å²) in [4.78, 5) is 12.6. The van der Waals surface area contributed by atoms with Crippen molar-refractivity contribution in [2.75, 3.05) is 0 Å². The highest BCUT2D eigenvalue weighted by atomic mass is 19.4. The average molecular weight is 444 g/mol. The number of amides is 1. The van der Waals surface area contributed by atoms with Gasteiger partial charge in [-0.1, -0.05) is 54.6 Å². The zero-order chi connectivity index (χ0) is 22.7. The molecule has 0 radical (unpaired) electrons. The molecule has 2 aliphatic rings. The second kappa shape index (κ2) is 9.08. The molecular formula is C24H23F3N2O3. The Labute approximate surface area is 183 Å². The first kappa shape index (κ1) is 22.0. The Morgan fingerprint density at radius 2 is 1.75 bits per heavy atom. The highest BCUT2D eigenvalue weighted by Gasteiger charge is 2.34. The van der Waals surface area contributed by atoms with Crippen molar-refractivity contribution in [1.82, 2.24) is 10.6 Å². The highest BCUT2D eigenvalue weighted by Crippen LogP contribution is 2.39. The molecule has 1 heterocycles. The number of hydrogen-bond donors (Lipinski definition) is 3. The highest BCUT2D eigenvalue weighted by molar-refractivity contribution is 5.95. The van der Waals surface area contributed by atoms with Gasteiger partial charge in [-0.3, -0.25) is 4.79 Å². The minimum Gasteiger partial charge on any atom is -0.405 e. The van der Waals surface area contributed by atoms with Gasteiger partial charge in [0.25, 0.3) is 5.91 Å². The first-order chi connectivity index (χ1) is 15.3. The largest absolute Gasteiger partial charge is 0.573 e. The van der Waals surface area contributed by atoms with Crippen LogP contribution in [-0.4, -0.2) is 23.7 Å². The average Bonchev–Trinajstić information content (AvgIpc) is 2.76. The summed E-state index contributed by atoms with van der Waals surface area (Å²) >= 11 is 0. The van der Waals surface area contributed by atoms with Crippen LogP contribution in [0.1, 0.15) is 30.4 Å². The number of alkyl halides is 3. The van der Waals surface area contributed by atoms with Gasteiger partial charge in [-0.2, -0.15) is 0 Å². The van der Waals surface area contributed by atoms with E-state index in [2.05, 4.69) is 15.4 Å². The Bertz CT molecular complexity index is 1050. The Balaban J connectivity index is 1.59. The van der Waals surface area contributed by atoms with Gasteiger partial charge in [0.15, 0.2) is 0 Å². The number of nitrogens with one attached hydrogen (secondary N) is 2. The molecule has 2 unspecified atom stereocenters. The number of allylic oxidation sites excluding steroid dienone is 3. The van der Waals surface area contributed by atoms with Gasteiger partial charge in [0, 0.05) is 29.2 Å². The Morgan fingerprint density at radius 3 is 2.44 bits per heavy atom. The van der Waals surface area contributed by atoms with Gasteiger partial charge in [0.2, 0.25) is 6.35 Å². The number of benzene rings is 2. The molecule has 0 saturated heterocycles. The molecule has 0 spiro atoms. The monoisotopic (exact) mass is 444 g/mol. The van der Waals surface area contributed by atoms with Gasteiger partial charge in [0.05, 0.1) is 0 Å². The minimum absolute atomic E-state index is 0.0612. The van der Waals surface area contributed by atoms with E-state index >= 15 is 0 Å². The number of rotatable bonds is 5. The second-order valence-corrected chi connectivity index (χ2v) is 7.82. The van der Waals surface area contributed by atoms with Gasteiger partial charge in [-0.25, -0.2) is 0 Å². The third kappa shape index (κ3) is 5.13.